The van der Waals surface area contributed by atoms with Gasteiger partial charge < -0.3 is 29.5 Å². The van der Waals surface area contributed by atoms with Gasteiger partial charge in [0.15, 0.2) is 12.2 Å². The van der Waals surface area contributed by atoms with Crippen LogP contribution in [0, 0.1) is 0 Å². The molecule has 186 valence electrons. The first-order chi connectivity index (χ1) is 16.7. The van der Waals surface area contributed by atoms with Gasteiger partial charge in [0, 0.05) is 0 Å². The molecule has 0 aliphatic heterocycles. The number of ether oxygens (including phenoxy) is 3. The minimum atomic E-state index is -1.30. The van der Waals surface area contributed by atoms with Crippen LogP contribution in [0.15, 0.2) is 66.7 Å². The summed E-state index contributed by atoms with van der Waals surface area (Å²) in [5.41, 5.74) is 1.71. The van der Waals surface area contributed by atoms with Crippen LogP contribution in [-0.4, -0.2) is 41.5 Å². The number of aliphatic hydroxyl groups excluding tert-OH is 2. The zero-order chi connectivity index (χ0) is 26.0. The smallest absolute Gasteiger partial charge is 0.339 e. The van der Waals surface area contributed by atoms with Gasteiger partial charge in [-0.1, -0.05) is 53.5 Å². The predicted octanol–water partition coefficient (Wildman–Crippen LogP) is 4.38. The van der Waals surface area contributed by atoms with Crippen LogP contribution < -0.4 is 4.74 Å². The van der Waals surface area contributed by atoms with Gasteiger partial charge >= 0.3 is 11.9 Å². The van der Waals surface area contributed by atoms with Gasteiger partial charge in [0.1, 0.15) is 18.1 Å². The van der Waals surface area contributed by atoms with Crippen molar-refractivity contribution in [1.29, 1.82) is 0 Å². The Morgan fingerprint density at radius 1 is 0.771 bits per heavy atom. The molecular weight excluding hydrogens is 499 g/mol. The molecule has 0 aliphatic rings. The molecular formula is C25H24Cl2O8. The third kappa shape index (κ3) is 8.45. The Balaban J connectivity index is 0.000000283. The summed E-state index contributed by atoms with van der Waals surface area (Å²) in [5, 5.41) is 28.9. The number of phenols is 1. The number of halogens is 2. The highest BCUT2D eigenvalue weighted by atomic mass is 35.5. The molecule has 10 heteroatoms. The first kappa shape index (κ1) is 27.9. The molecule has 0 aliphatic carbocycles. The number of carbonyl (C=O) groups excluding carboxylic acids is 2. The fraction of sp³-hybridized carbons (Fsp3) is 0.200. The molecule has 0 amide bonds. The molecule has 0 bridgehead atoms. The van der Waals surface area contributed by atoms with Gasteiger partial charge in [-0.15, -0.1) is 0 Å². The number of esters is 2. The molecule has 2 atom stereocenters. The highest BCUT2D eigenvalue weighted by Crippen LogP contribution is 2.24. The third-order valence-electron chi connectivity index (χ3n) is 4.64. The second kappa shape index (κ2) is 13.6. The second-order valence-electron chi connectivity index (χ2n) is 7.05. The lowest BCUT2D eigenvalue weighted by Gasteiger charge is -2.10. The Morgan fingerprint density at radius 3 is 1.71 bits per heavy atom. The average Bonchev–Trinajstić information content (AvgIpc) is 2.88. The van der Waals surface area contributed by atoms with Crippen LogP contribution in [0.25, 0.3) is 0 Å². The first-order valence-electron chi connectivity index (χ1n) is 10.1. The van der Waals surface area contributed by atoms with E-state index in [1.54, 1.807) is 36.4 Å². The second-order valence-corrected chi connectivity index (χ2v) is 7.86. The molecule has 3 aromatic rings. The van der Waals surface area contributed by atoms with Gasteiger partial charge in [0.25, 0.3) is 0 Å². The topological polar surface area (TPSA) is 123 Å². The third-order valence-corrected chi connectivity index (χ3v) is 5.38. The normalized spacial score (nSPS) is 11.9. The van der Waals surface area contributed by atoms with Crippen molar-refractivity contribution < 1.29 is 39.1 Å². The maximum absolute atomic E-state index is 11.2. The molecule has 0 saturated carbocycles. The summed E-state index contributed by atoms with van der Waals surface area (Å²) in [5.74, 6) is -0.733. The van der Waals surface area contributed by atoms with Crippen LogP contribution in [0.3, 0.4) is 0 Å². The van der Waals surface area contributed by atoms with Crippen molar-refractivity contribution in [2.75, 3.05) is 14.2 Å². The van der Waals surface area contributed by atoms with E-state index in [1.165, 1.54) is 38.5 Å². The summed E-state index contributed by atoms with van der Waals surface area (Å²) in [4.78, 5) is 22.1. The fourth-order valence-electron chi connectivity index (χ4n) is 2.69. The maximum atomic E-state index is 11.2. The van der Waals surface area contributed by atoms with E-state index in [2.05, 4.69) is 9.47 Å². The predicted molar refractivity (Wildman–Crippen MR) is 129 cm³/mol. The van der Waals surface area contributed by atoms with E-state index >= 15 is 0 Å². The summed E-state index contributed by atoms with van der Waals surface area (Å²) in [7, 11) is 2.42. The van der Waals surface area contributed by atoms with Crippen LogP contribution >= 0.6 is 23.2 Å². The molecule has 8 nitrogen and oxygen atoms in total. The van der Waals surface area contributed by atoms with E-state index in [0.717, 1.165) is 5.56 Å². The van der Waals surface area contributed by atoms with Crippen molar-refractivity contribution in [3.63, 3.8) is 0 Å². The van der Waals surface area contributed by atoms with Gasteiger partial charge in [-0.2, -0.15) is 0 Å². The molecule has 0 aromatic heterocycles. The number of hydrogen-bond donors (Lipinski definition) is 3. The van der Waals surface area contributed by atoms with E-state index in [-0.39, 0.29) is 5.75 Å². The number of carbonyl (C=O) groups is 2. The number of methoxy groups -OCH3 is 2. The van der Waals surface area contributed by atoms with E-state index in [1.807, 2.05) is 6.07 Å². The van der Waals surface area contributed by atoms with Crippen molar-refractivity contribution >= 4 is 35.1 Å². The monoisotopic (exact) mass is 522 g/mol. The Morgan fingerprint density at radius 2 is 1.26 bits per heavy atom. The molecule has 35 heavy (non-hydrogen) atoms. The minimum Gasteiger partial charge on any atom is -0.508 e. The number of aromatic hydroxyl groups is 1. The van der Waals surface area contributed by atoms with Crippen molar-refractivity contribution in [2.24, 2.45) is 0 Å². The van der Waals surface area contributed by atoms with Crippen molar-refractivity contribution in [2.45, 2.75) is 18.8 Å². The highest BCUT2D eigenvalue weighted by molar-refractivity contribution is 6.42. The first-order valence-corrected chi connectivity index (χ1v) is 10.9. The Bertz CT molecular complexity index is 1120. The number of rotatable bonds is 7. The van der Waals surface area contributed by atoms with Gasteiger partial charge in [-0.05, 0) is 53.1 Å². The summed E-state index contributed by atoms with van der Waals surface area (Å²) in [6.07, 6.45) is -2.58. The van der Waals surface area contributed by atoms with E-state index in [4.69, 9.17) is 33.0 Å². The van der Waals surface area contributed by atoms with E-state index in [0.29, 0.717) is 33.5 Å². The van der Waals surface area contributed by atoms with Crippen LogP contribution in [0.4, 0.5) is 0 Å². The Hall–Kier alpha value is -3.30. The van der Waals surface area contributed by atoms with Gasteiger partial charge in [-0.25, -0.2) is 9.59 Å². The van der Waals surface area contributed by atoms with E-state index in [9.17, 15) is 19.8 Å². The van der Waals surface area contributed by atoms with Crippen molar-refractivity contribution in [3.8, 4) is 11.5 Å². The molecule has 0 radical (unpaired) electrons. The standard InChI is InChI=1S/C16H14Cl2O4.C9H10O4/c1-21-16(20)15(19)11-3-5-12(6-4-11)22-9-10-2-7-13(17)14(18)8-10;1-13-9(12)8(11)6-2-4-7(10)5-3-6/h2-8,15,19H,9H2,1H3;2-5,8,10-11H,1H3/t15-;8-/m11/s1. The van der Waals surface area contributed by atoms with Crippen LogP contribution in [-0.2, 0) is 25.7 Å². The zero-order valence-corrected chi connectivity index (χ0v) is 20.4. The zero-order valence-electron chi connectivity index (χ0n) is 18.9. The number of hydrogen-bond acceptors (Lipinski definition) is 8. The van der Waals surface area contributed by atoms with Gasteiger partial charge in [0.2, 0.25) is 0 Å². The van der Waals surface area contributed by atoms with E-state index < -0.39 is 24.1 Å². The number of phenolic OH excluding ortho intramolecular Hbond substituents is 1. The quantitative estimate of drug-likeness (QED) is 0.390. The molecule has 0 unspecified atom stereocenters. The number of aliphatic hydroxyl groups is 2. The molecule has 0 fully saturated rings. The molecule has 0 saturated heterocycles. The van der Waals surface area contributed by atoms with Crippen molar-refractivity contribution in [3.05, 3.63) is 93.5 Å². The maximum Gasteiger partial charge on any atom is 0.339 e. The summed E-state index contributed by atoms with van der Waals surface area (Å²) in [6, 6.07) is 17.5. The molecule has 0 spiro atoms. The van der Waals surface area contributed by atoms with Crippen LogP contribution in [0.1, 0.15) is 28.9 Å². The summed E-state index contributed by atoms with van der Waals surface area (Å²) < 4.78 is 14.4. The largest absolute Gasteiger partial charge is 0.508 e. The fourth-order valence-corrected chi connectivity index (χ4v) is 3.02. The average molecular weight is 523 g/mol. The lowest BCUT2D eigenvalue weighted by atomic mass is 10.1. The number of benzene rings is 3. The Kier molecular flexibility index (Phi) is 10.8. The van der Waals surface area contributed by atoms with Crippen LogP contribution in [0.5, 0.6) is 11.5 Å². The lowest BCUT2D eigenvalue weighted by molar-refractivity contribution is -0.151. The molecule has 3 rings (SSSR count). The Labute approximate surface area is 212 Å². The molecule has 0 heterocycles. The summed E-state index contributed by atoms with van der Waals surface area (Å²) in [6.45, 7) is 0.329. The summed E-state index contributed by atoms with van der Waals surface area (Å²) >= 11 is 11.8. The van der Waals surface area contributed by atoms with Gasteiger partial charge in [-0.3, -0.25) is 0 Å². The minimum absolute atomic E-state index is 0.0841. The lowest BCUT2D eigenvalue weighted by Crippen LogP contribution is -2.13. The highest BCUT2D eigenvalue weighted by Gasteiger charge is 2.18. The SMILES string of the molecule is COC(=O)[C@H](O)c1ccc(O)cc1.COC(=O)[C@H](O)c1ccc(OCc2ccc(Cl)c(Cl)c2)cc1. The molecule has 3 N–H and O–H groups in total. The van der Waals surface area contributed by atoms with Crippen LogP contribution in [0.2, 0.25) is 10.0 Å². The molecule has 3 aromatic carbocycles. The van der Waals surface area contributed by atoms with Gasteiger partial charge in [0.05, 0.1) is 24.3 Å². The van der Waals surface area contributed by atoms with Crippen molar-refractivity contribution in [1.82, 2.24) is 0 Å².